The van der Waals surface area contributed by atoms with Gasteiger partial charge in [-0.05, 0) is 49.7 Å². The summed E-state index contributed by atoms with van der Waals surface area (Å²) in [7, 11) is 1.86. The smallest absolute Gasteiger partial charge is 0.191 e. The number of rotatable bonds is 7. The first-order valence-electron chi connectivity index (χ1n) is 8.59. The second-order valence-corrected chi connectivity index (χ2v) is 7.37. The molecule has 23 heavy (non-hydrogen) atoms. The van der Waals surface area contributed by atoms with Crippen molar-refractivity contribution in [2.24, 2.45) is 10.9 Å². The Balaban J connectivity index is 0.00000192. The van der Waals surface area contributed by atoms with Crippen molar-refractivity contribution in [3.8, 4) is 0 Å². The van der Waals surface area contributed by atoms with E-state index >= 15 is 0 Å². The molecule has 0 bridgehead atoms. The molecule has 1 aromatic heterocycles. The number of likely N-dealkylation sites (tertiary alicyclic amines) is 1. The van der Waals surface area contributed by atoms with Gasteiger partial charge in [0.1, 0.15) is 0 Å². The van der Waals surface area contributed by atoms with Crippen LogP contribution in [0.5, 0.6) is 0 Å². The van der Waals surface area contributed by atoms with Gasteiger partial charge in [-0.2, -0.15) is 0 Å². The summed E-state index contributed by atoms with van der Waals surface area (Å²) in [6.45, 7) is 4.41. The normalized spacial score (nSPS) is 20.1. The fourth-order valence-electron chi connectivity index (χ4n) is 3.16. The quantitative estimate of drug-likeness (QED) is 0.381. The highest BCUT2D eigenvalue weighted by molar-refractivity contribution is 14.0. The Morgan fingerprint density at radius 1 is 1.35 bits per heavy atom. The molecular formula is C17H29IN4S. The number of hydrogen-bond donors (Lipinski definition) is 2. The second kappa shape index (κ2) is 9.84. The lowest BCUT2D eigenvalue weighted by Gasteiger charge is -2.27. The molecule has 2 heterocycles. The molecule has 0 aromatic carbocycles. The maximum absolute atomic E-state index is 4.36. The molecule has 1 atom stereocenters. The van der Waals surface area contributed by atoms with Crippen molar-refractivity contribution in [3.05, 3.63) is 22.4 Å². The number of nitrogens with zero attached hydrogens (tertiary/aromatic N) is 2. The van der Waals surface area contributed by atoms with E-state index in [0.29, 0.717) is 6.04 Å². The number of nitrogens with one attached hydrogen (secondary N) is 2. The minimum absolute atomic E-state index is 0. The zero-order valence-corrected chi connectivity index (χ0v) is 17.1. The zero-order valence-electron chi connectivity index (χ0n) is 14.0. The Morgan fingerprint density at radius 2 is 2.13 bits per heavy atom. The molecular weight excluding hydrogens is 419 g/mol. The van der Waals surface area contributed by atoms with Gasteiger partial charge in [0, 0.05) is 25.0 Å². The second-order valence-electron chi connectivity index (χ2n) is 6.39. The summed E-state index contributed by atoms with van der Waals surface area (Å²) in [5.41, 5.74) is 0. The van der Waals surface area contributed by atoms with Gasteiger partial charge in [-0.15, -0.1) is 35.3 Å². The molecule has 130 valence electrons. The van der Waals surface area contributed by atoms with Crippen LogP contribution >= 0.6 is 35.3 Å². The Morgan fingerprint density at radius 3 is 2.74 bits per heavy atom. The first-order chi connectivity index (χ1) is 10.9. The average Bonchev–Trinajstić information content (AvgIpc) is 3.01. The molecule has 2 fully saturated rings. The molecule has 2 N–H and O–H groups in total. The highest BCUT2D eigenvalue weighted by atomic mass is 127. The molecule has 0 spiro atoms. The topological polar surface area (TPSA) is 39.7 Å². The van der Waals surface area contributed by atoms with Crippen LogP contribution < -0.4 is 10.6 Å². The zero-order chi connectivity index (χ0) is 15.2. The first kappa shape index (κ1) is 19.0. The predicted octanol–water partition coefficient (Wildman–Crippen LogP) is 3.47. The van der Waals surface area contributed by atoms with E-state index in [4.69, 9.17) is 0 Å². The van der Waals surface area contributed by atoms with Gasteiger partial charge in [0.25, 0.3) is 0 Å². The van der Waals surface area contributed by atoms with Crippen molar-refractivity contribution in [2.75, 3.05) is 33.2 Å². The van der Waals surface area contributed by atoms with Crippen LogP contribution in [0.25, 0.3) is 0 Å². The third-order valence-electron chi connectivity index (χ3n) is 4.68. The Bertz CT molecular complexity index is 467. The van der Waals surface area contributed by atoms with Gasteiger partial charge in [0.15, 0.2) is 5.96 Å². The molecule has 1 aliphatic heterocycles. The van der Waals surface area contributed by atoms with E-state index in [2.05, 4.69) is 38.0 Å². The van der Waals surface area contributed by atoms with Crippen molar-refractivity contribution in [1.82, 2.24) is 15.5 Å². The van der Waals surface area contributed by atoms with Gasteiger partial charge in [0.05, 0.1) is 6.04 Å². The third-order valence-corrected chi connectivity index (χ3v) is 5.65. The molecule has 4 nitrogen and oxygen atoms in total. The van der Waals surface area contributed by atoms with Crippen LogP contribution in [0.15, 0.2) is 22.5 Å². The molecule has 2 aliphatic rings. The Labute approximate surface area is 161 Å². The van der Waals surface area contributed by atoms with Gasteiger partial charge in [-0.25, -0.2) is 0 Å². The maximum Gasteiger partial charge on any atom is 0.191 e. The summed E-state index contributed by atoms with van der Waals surface area (Å²) in [5, 5.41) is 9.17. The van der Waals surface area contributed by atoms with Crippen molar-refractivity contribution in [3.63, 3.8) is 0 Å². The minimum atomic E-state index is 0. The Kier molecular flexibility index (Phi) is 8.12. The highest BCUT2D eigenvalue weighted by Gasteiger charge is 2.24. The van der Waals surface area contributed by atoms with E-state index in [1.807, 2.05) is 18.4 Å². The summed E-state index contributed by atoms with van der Waals surface area (Å²) in [6, 6.07) is 4.90. The van der Waals surface area contributed by atoms with Crippen molar-refractivity contribution in [2.45, 2.75) is 38.1 Å². The summed E-state index contributed by atoms with van der Waals surface area (Å²) in [4.78, 5) is 8.43. The summed E-state index contributed by atoms with van der Waals surface area (Å²) in [5.74, 6) is 1.91. The van der Waals surface area contributed by atoms with Crippen LogP contribution in [-0.2, 0) is 0 Å². The van der Waals surface area contributed by atoms with Gasteiger partial charge in [-0.3, -0.25) is 9.89 Å². The number of halogens is 1. The van der Waals surface area contributed by atoms with Crippen LogP contribution in [0.2, 0.25) is 0 Å². The average molecular weight is 448 g/mol. The maximum atomic E-state index is 4.36. The van der Waals surface area contributed by atoms with Crippen molar-refractivity contribution < 1.29 is 0 Å². The van der Waals surface area contributed by atoms with Gasteiger partial charge in [-0.1, -0.05) is 18.9 Å². The van der Waals surface area contributed by atoms with Gasteiger partial charge < -0.3 is 10.6 Å². The lowest BCUT2D eigenvalue weighted by molar-refractivity contribution is 0.249. The van der Waals surface area contributed by atoms with E-state index in [0.717, 1.165) is 25.0 Å². The summed E-state index contributed by atoms with van der Waals surface area (Å²) in [6.07, 6.45) is 6.78. The lowest BCUT2D eigenvalue weighted by atomic mass is 10.2. The van der Waals surface area contributed by atoms with E-state index in [1.165, 1.54) is 50.1 Å². The largest absolute Gasteiger partial charge is 0.356 e. The molecule has 0 amide bonds. The first-order valence-corrected chi connectivity index (χ1v) is 9.47. The molecule has 1 saturated heterocycles. The van der Waals surface area contributed by atoms with Gasteiger partial charge >= 0.3 is 0 Å². The minimum Gasteiger partial charge on any atom is -0.356 e. The summed E-state index contributed by atoms with van der Waals surface area (Å²) < 4.78 is 0. The van der Waals surface area contributed by atoms with Crippen LogP contribution in [0, 0.1) is 5.92 Å². The fraction of sp³-hybridized carbons (Fsp3) is 0.706. The fourth-order valence-corrected chi connectivity index (χ4v) is 4.02. The van der Waals surface area contributed by atoms with E-state index in [1.54, 1.807) is 0 Å². The van der Waals surface area contributed by atoms with Crippen LogP contribution in [0.4, 0.5) is 0 Å². The number of aliphatic imine (C=N–C) groups is 1. The van der Waals surface area contributed by atoms with Gasteiger partial charge in [0.2, 0.25) is 0 Å². The third kappa shape index (κ3) is 5.90. The molecule has 3 rings (SSSR count). The molecule has 1 aliphatic carbocycles. The molecule has 1 unspecified atom stereocenters. The number of thiophene rings is 1. The standard InChI is InChI=1S/C17H28N4S.HI/c1-18-17(19-9-8-14-6-7-14)20-13-15(16-5-4-12-22-16)21-10-2-3-11-21;/h4-5,12,14-15H,2-3,6-11,13H2,1H3,(H2,18,19,20);1H. The SMILES string of the molecule is CN=C(NCCC1CC1)NCC(c1cccs1)N1CCCC1.I. The number of guanidine groups is 1. The molecule has 1 saturated carbocycles. The van der Waals surface area contributed by atoms with Crippen LogP contribution in [0.3, 0.4) is 0 Å². The highest BCUT2D eigenvalue weighted by Crippen LogP contribution is 2.31. The monoisotopic (exact) mass is 448 g/mol. The lowest BCUT2D eigenvalue weighted by Crippen LogP contribution is -2.42. The Hall–Kier alpha value is -0.340. The molecule has 1 aromatic rings. The van der Waals surface area contributed by atoms with E-state index in [9.17, 15) is 0 Å². The predicted molar refractivity (Wildman–Crippen MR) is 110 cm³/mol. The van der Waals surface area contributed by atoms with Crippen molar-refractivity contribution in [1.29, 1.82) is 0 Å². The van der Waals surface area contributed by atoms with E-state index < -0.39 is 0 Å². The van der Waals surface area contributed by atoms with Crippen LogP contribution in [0.1, 0.15) is 43.0 Å². The molecule has 0 radical (unpaired) electrons. The van der Waals surface area contributed by atoms with Crippen LogP contribution in [-0.4, -0.2) is 44.1 Å². The van der Waals surface area contributed by atoms with E-state index in [-0.39, 0.29) is 24.0 Å². The molecule has 6 heteroatoms. The summed E-state index contributed by atoms with van der Waals surface area (Å²) >= 11 is 1.87. The number of hydrogen-bond acceptors (Lipinski definition) is 3. The van der Waals surface area contributed by atoms with Crippen molar-refractivity contribution >= 4 is 41.3 Å².